The molecule has 1 aromatic rings. The number of nitrogens with zero attached hydrogens (tertiary/aromatic N) is 2. The number of nitrogens with two attached hydrogens (primary N) is 1. The molecule has 1 heterocycles. The van der Waals surface area contributed by atoms with Crippen LogP contribution < -0.4 is 5.73 Å². The molecule has 1 amide bonds. The van der Waals surface area contributed by atoms with Crippen molar-refractivity contribution in [1.82, 2.24) is 9.88 Å². The Morgan fingerprint density at radius 1 is 1.05 bits per heavy atom. The molecule has 1 aromatic heterocycles. The SMILES string of the molecule is Nc1nc(C(=O)N(C2CCCCC2)C2CCCCC2)cs1. The third kappa shape index (κ3) is 3.39. The molecule has 0 atom stereocenters. The maximum Gasteiger partial charge on any atom is 0.273 e. The van der Waals surface area contributed by atoms with Gasteiger partial charge in [0.25, 0.3) is 5.91 Å². The van der Waals surface area contributed by atoms with E-state index < -0.39 is 0 Å². The van der Waals surface area contributed by atoms with Gasteiger partial charge in [-0.3, -0.25) is 4.79 Å². The van der Waals surface area contributed by atoms with Gasteiger partial charge in [0.05, 0.1) is 0 Å². The van der Waals surface area contributed by atoms with E-state index in [1.165, 1.54) is 49.9 Å². The molecule has 0 radical (unpaired) electrons. The second-order valence-corrected chi connectivity index (χ2v) is 7.26. The molecule has 2 aliphatic carbocycles. The van der Waals surface area contributed by atoms with Gasteiger partial charge in [0.1, 0.15) is 5.69 Å². The van der Waals surface area contributed by atoms with Crippen LogP contribution in [-0.4, -0.2) is 27.9 Å². The van der Waals surface area contributed by atoms with E-state index in [4.69, 9.17) is 5.73 Å². The van der Waals surface area contributed by atoms with Crippen molar-refractivity contribution in [2.75, 3.05) is 5.73 Å². The minimum Gasteiger partial charge on any atom is -0.375 e. The third-order valence-corrected chi connectivity index (χ3v) is 5.59. The van der Waals surface area contributed by atoms with Crippen LogP contribution in [0.5, 0.6) is 0 Å². The van der Waals surface area contributed by atoms with Gasteiger partial charge in [0.15, 0.2) is 5.13 Å². The van der Waals surface area contributed by atoms with E-state index in [1.807, 2.05) is 5.38 Å². The molecule has 21 heavy (non-hydrogen) atoms. The average Bonchev–Trinajstić information content (AvgIpc) is 2.96. The molecular weight excluding hydrogens is 282 g/mol. The second kappa shape index (κ2) is 6.77. The van der Waals surface area contributed by atoms with Gasteiger partial charge >= 0.3 is 0 Å². The van der Waals surface area contributed by atoms with Crippen LogP contribution in [-0.2, 0) is 0 Å². The van der Waals surface area contributed by atoms with Gasteiger partial charge in [-0.1, -0.05) is 38.5 Å². The third-order valence-electron chi connectivity index (χ3n) is 4.91. The number of carbonyl (C=O) groups is 1. The van der Waals surface area contributed by atoms with Gasteiger partial charge in [-0.25, -0.2) is 4.98 Å². The molecule has 0 aliphatic heterocycles. The van der Waals surface area contributed by atoms with E-state index in [0.29, 0.717) is 22.9 Å². The summed E-state index contributed by atoms with van der Waals surface area (Å²) in [5, 5.41) is 2.31. The lowest BCUT2D eigenvalue weighted by atomic mass is 9.88. The molecule has 0 unspecified atom stereocenters. The van der Waals surface area contributed by atoms with Crippen molar-refractivity contribution in [3.63, 3.8) is 0 Å². The van der Waals surface area contributed by atoms with Crippen molar-refractivity contribution >= 4 is 22.4 Å². The molecule has 2 fully saturated rings. The molecule has 0 aromatic carbocycles. The Hall–Kier alpha value is -1.10. The zero-order valence-corrected chi connectivity index (χ0v) is 13.4. The Morgan fingerprint density at radius 3 is 2.00 bits per heavy atom. The number of amides is 1. The zero-order valence-electron chi connectivity index (χ0n) is 12.6. The summed E-state index contributed by atoms with van der Waals surface area (Å²) in [7, 11) is 0. The van der Waals surface area contributed by atoms with Crippen molar-refractivity contribution in [1.29, 1.82) is 0 Å². The van der Waals surface area contributed by atoms with Gasteiger partial charge in [-0.2, -0.15) is 0 Å². The maximum absolute atomic E-state index is 13.0. The number of hydrogen-bond acceptors (Lipinski definition) is 4. The van der Waals surface area contributed by atoms with Gasteiger partial charge < -0.3 is 10.6 Å². The van der Waals surface area contributed by atoms with Crippen molar-refractivity contribution < 1.29 is 4.79 Å². The highest BCUT2D eigenvalue weighted by Crippen LogP contribution is 2.31. The highest BCUT2D eigenvalue weighted by molar-refractivity contribution is 7.13. The van der Waals surface area contributed by atoms with Gasteiger partial charge in [-0.05, 0) is 25.7 Å². The first kappa shape index (κ1) is 14.8. The van der Waals surface area contributed by atoms with Crippen LogP contribution in [0.3, 0.4) is 0 Å². The number of hydrogen-bond donors (Lipinski definition) is 1. The van der Waals surface area contributed by atoms with E-state index in [-0.39, 0.29) is 5.91 Å². The molecule has 0 saturated heterocycles. The van der Waals surface area contributed by atoms with E-state index >= 15 is 0 Å². The van der Waals surface area contributed by atoms with Crippen molar-refractivity contribution in [2.24, 2.45) is 0 Å². The van der Waals surface area contributed by atoms with Crippen LogP contribution in [0.25, 0.3) is 0 Å². The average molecular weight is 307 g/mol. The summed E-state index contributed by atoms with van der Waals surface area (Å²) in [6, 6.07) is 0.828. The van der Waals surface area contributed by atoms with Crippen LogP contribution in [0.2, 0.25) is 0 Å². The van der Waals surface area contributed by atoms with E-state index in [2.05, 4.69) is 9.88 Å². The van der Waals surface area contributed by atoms with Crippen LogP contribution in [0, 0.1) is 0 Å². The topological polar surface area (TPSA) is 59.2 Å². The molecule has 116 valence electrons. The summed E-state index contributed by atoms with van der Waals surface area (Å²) in [6.45, 7) is 0. The van der Waals surface area contributed by atoms with Crippen LogP contribution in [0.4, 0.5) is 5.13 Å². The quantitative estimate of drug-likeness (QED) is 0.923. The standard InChI is InChI=1S/C16H25N3OS/c17-16-18-14(11-21-16)15(20)19(12-7-3-1-4-8-12)13-9-5-2-6-10-13/h11-13H,1-10H2,(H2,17,18). The van der Waals surface area contributed by atoms with Gasteiger partial charge in [0, 0.05) is 17.5 Å². The van der Waals surface area contributed by atoms with Crippen LogP contribution >= 0.6 is 11.3 Å². The number of anilines is 1. The minimum atomic E-state index is 0.113. The largest absolute Gasteiger partial charge is 0.375 e. The van der Waals surface area contributed by atoms with E-state index in [1.54, 1.807) is 0 Å². The first-order chi connectivity index (χ1) is 10.3. The number of rotatable bonds is 3. The van der Waals surface area contributed by atoms with Crippen LogP contribution in [0.15, 0.2) is 5.38 Å². The molecule has 2 N–H and O–H groups in total. The number of thiazole rings is 1. The number of aromatic nitrogens is 1. The second-order valence-electron chi connectivity index (χ2n) is 6.37. The molecule has 5 heteroatoms. The summed E-state index contributed by atoms with van der Waals surface area (Å²) in [6.07, 6.45) is 12.2. The van der Waals surface area contributed by atoms with Gasteiger partial charge in [0.2, 0.25) is 0 Å². The predicted molar refractivity (Wildman–Crippen MR) is 86.4 cm³/mol. The first-order valence-corrected chi connectivity index (χ1v) is 9.17. The van der Waals surface area contributed by atoms with Crippen molar-refractivity contribution in [3.05, 3.63) is 11.1 Å². The maximum atomic E-state index is 13.0. The summed E-state index contributed by atoms with van der Waals surface area (Å²) in [5.41, 5.74) is 6.26. The summed E-state index contributed by atoms with van der Waals surface area (Å²) in [4.78, 5) is 19.4. The number of carbonyl (C=O) groups excluding carboxylic acids is 1. The molecule has 0 bridgehead atoms. The molecule has 2 saturated carbocycles. The summed E-state index contributed by atoms with van der Waals surface area (Å²) >= 11 is 1.36. The highest BCUT2D eigenvalue weighted by atomic mass is 32.1. The molecule has 4 nitrogen and oxygen atoms in total. The zero-order chi connectivity index (χ0) is 14.7. The van der Waals surface area contributed by atoms with Gasteiger partial charge in [-0.15, -0.1) is 11.3 Å². The fourth-order valence-corrected chi connectivity index (χ4v) is 4.40. The van der Waals surface area contributed by atoms with E-state index in [0.717, 1.165) is 25.7 Å². The Bertz CT molecular complexity index is 458. The highest BCUT2D eigenvalue weighted by Gasteiger charge is 2.33. The number of nitrogen functional groups attached to an aromatic ring is 1. The lowest BCUT2D eigenvalue weighted by molar-refractivity contribution is 0.0443. The predicted octanol–water partition coefficient (Wildman–Crippen LogP) is 3.83. The summed E-state index contributed by atoms with van der Waals surface area (Å²) < 4.78 is 0. The fourth-order valence-electron chi connectivity index (χ4n) is 3.87. The lowest BCUT2D eigenvalue weighted by Gasteiger charge is -2.41. The molecule has 2 aliphatic rings. The van der Waals surface area contributed by atoms with Crippen molar-refractivity contribution in [2.45, 2.75) is 76.3 Å². The Balaban J connectivity index is 1.81. The Kier molecular flexibility index (Phi) is 4.78. The Labute approximate surface area is 130 Å². The minimum absolute atomic E-state index is 0.113. The normalized spacial score (nSPS) is 21.3. The first-order valence-electron chi connectivity index (χ1n) is 8.29. The molecular formula is C16H25N3OS. The summed E-state index contributed by atoms with van der Waals surface area (Å²) in [5.74, 6) is 0.113. The monoisotopic (exact) mass is 307 g/mol. The fraction of sp³-hybridized carbons (Fsp3) is 0.750. The lowest BCUT2D eigenvalue weighted by Crippen LogP contribution is -2.48. The molecule has 3 rings (SSSR count). The van der Waals surface area contributed by atoms with Crippen LogP contribution in [0.1, 0.15) is 74.7 Å². The molecule has 0 spiro atoms. The smallest absolute Gasteiger partial charge is 0.273 e. The van der Waals surface area contributed by atoms with Crippen molar-refractivity contribution in [3.8, 4) is 0 Å². The Morgan fingerprint density at radius 2 is 1.57 bits per heavy atom. The van der Waals surface area contributed by atoms with E-state index in [9.17, 15) is 4.79 Å².